The Morgan fingerprint density at radius 1 is 0.289 bits per heavy atom. The third kappa shape index (κ3) is 20.5. The van der Waals surface area contributed by atoms with E-state index in [1.165, 1.54) is 0 Å². The summed E-state index contributed by atoms with van der Waals surface area (Å²) in [6, 6.07) is 0. The largest absolute Gasteiger partial charge is 5.00 e. The predicted octanol–water partition coefficient (Wildman–Crippen LogP) is -6.91. The maximum Gasteiger partial charge on any atom is 5.00 e. The first-order chi connectivity index (χ1) is 16.2. The zero-order valence-corrected chi connectivity index (χ0v) is 23.1. The molecule has 0 amide bonds. The fraction of sp³-hybridized carbons (Fsp3) is 0. The molecule has 0 N–H and O–H groups in total. The molecule has 0 radical (unpaired) electrons. The Morgan fingerprint density at radius 2 is 0.342 bits per heavy atom. The predicted molar refractivity (Wildman–Crippen MR) is 65.2 cm³/mol. The summed E-state index contributed by atoms with van der Waals surface area (Å²) in [4.78, 5) is 57.3. The molecule has 216 valence electrons. The van der Waals surface area contributed by atoms with Crippen LogP contribution in [0.4, 0.5) is 0 Å². The number of hydrogen-bond donors (Lipinski definition) is 0. The molecule has 6 aliphatic heterocycles. The Bertz CT molecular complexity index is 732. The molecule has 0 aliphatic carbocycles. The summed E-state index contributed by atoms with van der Waals surface area (Å²) in [5.74, 6) is 0. The van der Waals surface area contributed by atoms with Crippen LogP contribution < -0.4 is 48.2 Å². The van der Waals surface area contributed by atoms with Crippen LogP contribution in [0.1, 0.15) is 0 Å². The summed E-state index contributed by atoms with van der Waals surface area (Å²) >= 11 is 0. The molecule has 0 atom stereocenters. The second-order valence-electron chi connectivity index (χ2n) is 3.99. The van der Waals surface area contributed by atoms with E-state index in [1.807, 2.05) is 0 Å². The minimum absolute atomic E-state index is 0. The smallest absolute Gasteiger partial charge is 0.753 e. The molecule has 0 bridgehead atoms. The van der Waals surface area contributed by atoms with Gasteiger partial charge in [-0.2, -0.15) is 0 Å². The first-order valence-electron chi connectivity index (χ1n) is 6.38. The number of rotatable bonds is 0. The van der Waals surface area contributed by atoms with Gasteiger partial charge in [0.15, 0.2) is 0 Å². The van der Waals surface area contributed by atoms with E-state index in [-0.39, 0.29) is 37.4 Å². The second-order valence-corrected chi connectivity index (χ2v) is 11.1. The quantitative estimate of drug-likeness (QED) is 0.127. The van der Waals surface area contributed by atoms with Gasteiger partial charge < -0.3 is 29.4 Å². The molecule has 6 heterocycles. The van der Waals surface area contributed by atoms with Crippen molar-refractivity contribution >= 4 is 46.9 Å². The molecule has 6 rings (SSSR count). The zero-order chi connectivity index (χ0) is 27.7. The summed E-state index contributed by atoms with van der Waals surface area (Å²) in [7, 11) is -23.6. The molecule has 0 spiro atoms. The normalized spacial score (nSPS) is 27.3. The van der Waals surface area contributed by atoms with E-state index in [2.05, 4.69) is 86.3 Å². The molecule has 6 saturated heterocycles. The van der Waals surface area contributed by atoms with Gasteiger partial charge in [-0.1, -0.05) is 30.2 Å². The van der Waals surface area contributed by atoms with Gasteiger partial charge in [0.25, 0.3) is 0 Å². The van der Waals surface area contributed by atoms with Crippen molar-refractivity contribution in [3.8, 4) is 0 Å². The van der Waals surface area contributed by atoms with Crippen LogP contribution in [0.3, 0.4) is 0 Å². The van der Waals surface area contributed by atoms with Crippen molar-refractivity contribution in [2.24, 2.45) is 0 Å². The molecule has 30 nitrogen and oxygen atoms in total. The van der Waals surface area contributed by atoms with Crippen LogP contribution in [0.25, 0.3) is 0 Å². The molecule has 38 heavy (non-hydrogen) atoms. The van der Waals surface area contributed by atoms with Crippen LogP contribution in [0, 0.1) is 0 Å². The minimum atomic E-state index is -3.94. The molecule has 0 aromatic carbocycles. The Kier molecular flexibility index (Phi) is 19.4. The summed E-state index contributed by atoms with van der Waals surface area (Å²) < 4.78 is 98.0. The Hall–Kier alpha value is 1.60. The topological polar surface area (TPSA) is 407 Å². The van der Waals surface area contributed by atoms with Crippen molar-refractivity contribution < 1.29 is 180 Å². The Morgan fingerprint density at radius 3 is 0.342 bits per heavy atom. The van der Waals surface area contributed by atoms with Crippen molar-refractivity contribution in [1.29, 1.82) is 0 Å². The van der Waals surface area contributed by atoms with Crippen LogP contribution in [0.5, 0.6) is 0 Å². The van der Waals surface area contributed by atoms with E-state index in [9.17, 15) is 56.8 Å². The average Bonchev–Trinajstić information content (AvgIpc) is 2.64. The number of hydrogen-bond acceptors (Lipinski definition) is 30. The van der Waals surface area contributed by atoms with Crippen molar-refractivity contribution in [3.63, 3.8) is 0 Å². The first kappa shape index (κ1) is 41.7. The molecule has 6 fully saturated rings. The fourth-order valence-electron chi connectivity index (χ4n) is 0.481. The van der Waals surface area contributed by atoms with E-state index < -0.39 is 46.9 Å². The molecular weight excluding hydrogens is 724 g/mol. The van der Waals surface area contributed by atoms with Gasteiger partial charge in [-0.3, -0.25) is 27.4 Å². The zero-order valence-electron chi connectivity index (χ0n) is 16.4. The van der Waals surface area contributed by atoms with E-state index in [0.29, 0.717) is 0 Å². The van der Waals surface area contributed by atoms with Gasteiger partial charge in [0, 0.05) is 0 Å². The van der Waals surface area contributed by atoms with E-state index in [0.717, 1.165) is 0 Å². The van der Waals surface area contributed by atoms with Crippen molar-refractivity contribution in [2.45, 2.75) is 0 Å². The second kappa shape index (κ2) is 17.7. The van der Waals surface area contributed by atoms with Crippen LogP contribution >= 0.6 is 46.9 Å². The molecule has 38 heteroatoms. The van der Waals surface area contributed by atoms with E-state index in [1.54, 1.807) is 0 Å². The van der Waals surface area contributed by atoms with E-state index >= 15 is 0 Å². The third-order valence-electron chi connectivity index (χ3n) is 1.46. The summed E-state index contributed by atoms with van der Waals surface area (Å²) in [6.07, 6.45) is 0. The SMILES string of the molecule is O=P1([O-])OOO1.O=P1([O-])OOO1.O=P1([O-])OOO1.O=P1([O-])OOO1.O=P1([O-])OOO1.O=P1([O-])OOO1.[Li+].[V+5]. The molecular formula is LiO30P6V. The molecule has 0 saturated carbocycles. The van der Waals surface area contributed by atoms with Crippen molar-refractivity contribution in [2.75, 3.05) is 0 Å². The van der Waals surface area contributed by atoms with Crippen LogP contribution in [-0.2, 0) is 132 Å². The van der Waals surface area contributed by atoms with Gasteiger partial charge in [-0.05, 0) is 0 Å². The fourth-order valence-corrected chi connectivity index (χ4v) is 1.44. The summed E-state index contributed by atoms with van der Waals surface area (Å²) in [5.41, 5.74) is 0. The van der Waals surface area contributed by atoms with Gasteiger partial charge in [0.2, 0.25) is 0 Å². The molecule has 6 aliphatic rings. The monoisotopic (exact) mass is 724 g/mol. The molecule has 0 unspecified atom stereocenters. The summed E-state index contributed by atoms with van der Waals surface area (Å²) in [6.45, 7) is 0. The van der Waals surface area contributed by atoms with Gasteiger partial charge in [0.1, 0.15) is 0 Å². The number of phosphoric acid groups is 6. The standard InChI is InChI=1S/Li.6HO5P.V/c;6*1-6(2)4-3-5-6;/h;6*(H,1,2);/q+1;;;;;;;+5/p-6. The Balaban J connectivity index is 0. The van der Waals surface area contributed by atoms with E-state index in [4.69, 9.17) is 0 Å². The third-order valence-corrected chi connectivity index (χ3v) is 4.38. The summed E-state index contributed by atoms with van der Waals surface area (Å²) in [5, 5.41) is 20.2. The van der Waals surface area contributed by atoms with Crippen molar-refractivity contribution in [3.05, 3.63) is 0 Å². The van der Waals surface area contributed by atoms with Gasteiger partial charge in [-0.25, -0.2) is 0 Å². The first-order valence-corrected chi connectivity index (χ1v) is 15.1. The minimum Gasteiger partial charge on any atom is -0.753 e. The van der Waals surface area contributed by atoms with Gasteiger partial charge in [-0.15, -0.1) is 56.1 Å². The molecule has 0 aromatic heterocycles. The average molecular weight is 724 g/mol. The van der Waals surface area contributed by atoms with Crippen LogP contribution in [0.15, 0.2) is 0 Å². The van der Waals surface area contributed by atoms with Crippen molar-refractivity contribution in [1.82, 2.24) is 0 Å². The maximum absolute atomic E-state index is 9.55. The van der Waals surface area contributed by atoms with Crippen LogP contribution in [0.2, 0.25) is 0 Å². The van der Waals surface area contributed by atoms with Gasteiger partial charge in [0.05, 0.1) is 0 Å². The van der Waals surface area contributed by atoms with Gasteiger partial charge >= 0.3 is 84.4 Å². The Labute approximate surface area is 227 Å². The maximum atomic E-state index is 9.55. The molecule has 0 aromatic rings. The van der Waals surface area contributed by atoms with Crippen LogP contribution in [-0.4, -0.2) is 0 Å².